The molecule has 1 aliphatic carbocycles. The molecule has 2 rings (SSSR count). The number of nitro groups is 1. The summed E-state index contributed by atoms with van der Waals surface area (Å²) in [6.07, 6.45) is 2.69. The van der Waals surface area contributed by atoms with Gasteiger partial charge in [0.2, 0.25) is 10.0 Å². The molecule has 7 nitrogen and oxygen atoms in total. The van der Waals surface area contributed by atoms with Crippen molar-refractivity contribution in [2.45, 2.75) is 30.3 Å². The van der Waals surface area contributed by atoms with E-state index in [1.165, 1.54) is 12.1 Å². The third kappa shape index (κ3) is 2.59. The van der Waals surface area contributed by atoms with Gasteiger partial charge in [0.15, 0.2) is 0 Å². The number of primary sulfonamides is 1. The fraction of sp³-hybridized carbons (Fsp3) is 0.400. The number of benzene rings is 1. The molecule has 98 valence electrons. The minimum Gasteiger partial charge on any atom is -0.489 e. The van der Waals surface area contributed by atoms with Crippen LogP contribution in [0.15, 0.2) is 23.1 Å². The van der Waals surface area contributed by atoms with Gasteiger partial charge in [0, 0.05) is 12.1 Å². The van der Waals surface area contributed by atoms with E-state index in [0.29, 0.717) is 0 Å². The summed E-state index contributed by atoms with van der Waals surface area (Å²) < 4.78 is 28.2. The van der Waals surface area contributed by atoms with Crippen LogP contribution in [0.1, 0.15) is 19.3 Å². The highest BCUT2D eigenvalue weighted by Crippen LogP contribution is 2.31. The largest absolute Gasteiger partial charge is 0.489 e. The number of hydrogen-bond acceptors (Lipinski definition) is 5. The van der Waals surface area contributed by atoms with E-state index < -0.39 is 14.9 Å². The van der Waals surface area contributed by atoms with Crippen molar-refractivity contribution in [3.8, 4) is 5.75 Å². The summed E-state index contributed by atoms with van der Waals surface area (Å²) in [6.45, 7) is 0. The van der Waals surface area contributed by atoms with E-state index in [9.17, 15) is 18.5 Å². The van der Waals surface area contributed by atoms with E-state index in [2.05, 4.69) is 0 Å². The molecule has 0 atom stereocenters. The Morgan fingerprint density at radius 3 is 2.50 bits per heavy atom. The van der Waals surface area contributed by atoms with Crippen LogP contribution in [-0.4, -0.2) is 19.4 Å². The highest BCUT2D eigenvalue weighted by atomic mass is 32.2. The normalized spacial score (nSPS) is 16.1. The molecule has 1 saturated carbocycles. The lowest BCUT2D eigenvalue weighted by Crippen LogP contribution is -2.26. The Labute approximate surface area is 104 Å². The van der Waals surface area contributed by atoms with Gasteiger partial charge in [-0.1, -0.05) is 0 Å². The zero-order valence-corrected chi connectivity index (χ0v) is 10.2. The predicted octanol–water partition coefficient (Wildman–Crippen LogP) is 1.17. The minimum absolute atomic E-state index is 0.0352. The summed E-state index contributed by atoms with van der Waals surface area (Å²) >= 11 is 0. The molecule has 0 saturated heterocycles. The van der Waals surface area contributed by atoms with E-state index in [-0.39, 0.29) is 22.4 Å². The number of rotatable bonds is 4. The van der Waals surface area contributed by atoms with Crippen LogP contribution in [0.2, 0.25) is 0 Å². The fourth-order valence-electron chi connectivity index (χ4n) is 1.60. The molecule has 0 aliphatic heterocycles. The number of nitrogens with zero attached hydrogens (tertiary/aromatic N) is 1. The van der Waals surface area contributed by atoms with Gasteiger partial charge < -0.3 is 4.74 Å². The number of non-ortho nitro benzene ring substituents is 1. The van der Waals surface area contributed by atoms with E-state index in [4.69, 9.17) is 9.88 Å². The number of hydrogen-bond donors (Lipinski definition) is 1. The first-order valence-electron chi connectivity index (χ1n) is 5.36. The lowest BCUT2D eigenvalue weighted by molar-refractivity contribution is -0.385. The van der Waals surface area contributed by atoms with Gasteiger partial charge in [0.25, 0.3) is 5.69 Å². The zero-order chi connectivity index (χ0) is 13.3. The van der Waals surface area contributed by atoms with Crippen molar-refractivity contribution in [3.63, 3.8) is 0 Å². The summed E-state index contributed by atoms with van der Waals surface area (Å²) in [6, 6.07) is 3.39. The van der Waals surface area contributed by atoms with Gasteiger partial charge in [-0.15, -0.1) is 0 Å². The third-order valence-electron chi connectivity index (χ3n) is 2.79. The number of nitrogens with two attached hydrogens (primary N) is 1. The summed E-state index contributed by atoms with van der Waals surface area (Å²) in [4.78, 5) is 9.59. The molecule has 0 spiro atoms. The molecular formula is C10H12N2O5S. The fourth-order valence-corrected chi connectivity index (χ4v) is 2.28. The monoisotopic (exact) mass is 272 g/mol. The van der Waals surface area contributed by atoms with Crippen LogP contribution in [0, 0.1) is 10.1 Å². The average Bonchev–Trinajstić information content (AvgIpc) is 2.22. The SMILES string of the molecule is NS(=O)(=O)c1cc([N+](=O)[O-])ccc1OC1CCC1. The molecule has 1 aromatic rings. The molecule has 0 amide bonds. The van der Waals surface area contributed by atoms with Crippen molar-refractivity contribution in [1.82, 2.24) is 0 Å². The molecule has 0 bridgehead atoms. The van der Waals surface area contributed by atoms with E-state index >= 15 is 0 Å². The second-order valence-electron chi connectivity index (χ2n) is 4.10. The van der Waals surface area contributed by atoms with E-state index in [1.807, 2.05) is 0 Å². The smallest absolute Gasteiger partial charge is 0.271 e. The van der Waals surface area contributed by atoms with Gasteiger partial charge in [0.1, 0.15) is 10.6 Å². The first-order chi connectivity index (χ1) is 8.38. The Hall–Kier alpha value is -1.67. The van der Waals surface area contributed by atoms with Crippen molar-refractivity contribution in [1.29, 1.82) is 0 Å². The molecule has 8 heteroatoms. The molecular weight excluding hydrogens is 260 g/mol. The first-order valence-corrected chi connectivity index (χ1v) is 6.90. The van der Waals surface area contributed by atoms with Gasteiger partial charge in [-0.05, 0) is 25.3 Å². The lowest BCUT2D eigenvalue weighted by atomic mass is 9.96. The summed E-state index contributed by atoms with van der Waals surface area (Å²) in [5.74, 6) is 0.0767. The minimum atomic E-state index is -4.05. The summed E-state index contributed by atoms with van der Waals surface area (Å²) in [7, 11) is -4.05. The molecule has 1 fully saturated rings. The first kappa shape index (κ1) is 12.8. The van der Waals surface area contributed by atoms with Gasteiger partial charge in [0.05, 0.1) is 11.0 Å². The maximum atomic E-state index is 11.4. The maximum Gasteiger partial charge on any atom is 0.271 e. The third-order valence-corrected chi connectivity index (χ3v) is 3.72. The Bertz CT molecular complexity index is 580. The highest BCUT2D eigenvalue weighted by molar-refractivity contribution is 7.89. The van der Waals surface area contributed by atoms with Crippen molar-refractivity contribution in [2.75, 3.05) is 0 Å². The van der Waals surface area contributed by atoms with Crippen LogP contribution >= 0.6 is 0 Å². The van der Waals surface area contributed by atoms with Crippen LogP contribution in [0.5, 0.6) is 5.75 Å². The number of ether oxygens (including phenoxy) is 1. The van der Waals surface area contributed by atoms with Crippen LogP contribution in [0.4, 0.5) is 5.69 Å². The van der Waals surface area contributed by atoms with Gasteiger partial charge in [-0.25, -0.2) is 13.6 Å². The molecule has 0 aromatic heterocycles. The quantitative estimate of drug-likeness (QED) is 0.653. The molecule has 18 heavy (non-hydrogen) atoms. The van der Waals surface area contributed by atoms with Crippen LogP contribution in [-0.2, 0) is 10.0 Å². The zero-order valence-electron chi connectivity index (χ0n) is 9.40. The Morgan fingerprint density at radius 1 is 1.39 bits per heavy atom. The average molecular weight is 272 g/mol. The van der Waals surface area contributed by atoms with Crippen molar-refractivity contribution in [2.24, 2.45) is 5.14 Å². The standard InChI is InChI=1S/C10H12N2O5S/c11-18(15,16)10-6-7(12(13)14)4-5-9(10)17-8-2-1-3-8/h4-6,8H,1-3H2,(H2,11,15,16). The predicted molar refractivity (Wildman–Crippen MR) is 62.7 cm³/mol. The van der Waals surface area contributed by atoms with Gasteiger partial charge >= 0.3 is 0 Å². The van der Waals surface area contributed by atoms with Gasteiger partial charge in [-0.2, -0.15) is 0 Å². The summed E-state index contributed by atoms with van der Waals surface area (Å²) in [5.41, 5.74) is -0.333. The lowest BCUT2D eigenvalue weighted by Gasteiger charge is -2.27. The van der Waals surface area contributed by atoms with Crippen LogP contribution < -0.4 is 9.88 Å². The van der Waals surface area contributed by atoms with Crippen LogP contribution in [0.3, 0.4) is 0 Å². The number of sulfonamides is 1. The topological polar surface area (TPSA) is 113 Å². The second kappa shape index (κ2) is 4.54. The molecule has 0 heterocycles. The molecule has 0 unspecified atom stereocenters. The van der Waals surface area contributed by atoms with Crippen molar-refractivity contribution < 1.29 is 18.1 Å². The Morgan fingerprint density at radius 2 is 2.06 bits per heavy atom. The van der Waals surface area contributed by atoms with Gasteiger partial charge in [-0.3, -0.25) is 10.1 Å². The number of nitro benzene ring substituents is 1. The Balaban J connectivity index is 2.41. The van der Waals surface area contributed by atoms with Crippen LogP contribution in [0.25, 0.3) is 0 Å². The Kier molecular flexibility index (Phi) is 3.22. The highest BCUT2D eigenvalue weighted by Gasteiger charge is 2.25. The van der Waals surface area contributed by atoms with E-state index in [0.717, 1.165) is 25.3 Å². The molecule has 2 N–H and O–H groups in total. The molecule has 1 aromatic carbocycles. The molecule has 1 aliphatic rings. The maximum absolute atomic E-state index is 11.4. The van der Waals surface area contributed by atoms with Crippen molar-refractivity contribution in [3.05, 3.63) is 28.3 Å². The second-order valence-corrected chi connectivity index (χ2v) is 5.63. The molecule has 0 radical (unpaired) electrons. The van der Waals surface area contributed by atoms with E-state index in [1.54, 1.807) is 0 Å². The van der Waals surface area contributed by atoms with Crippen molar-refractivity contribution >= 4 is 15.7 Å². The summed E-state index contributed by atoms with van der Waals surface area (Å²) in [5, 5.41) is 15.6.